The molecule has 1 heterocycles. The average molecular weight is 350 g/mol. The monoisotopic (exact) mass is 350 g/mol. The second kappa shape index (κ2) is 6.64. The summed E-state index contributed by atoms with van der Waals surface area (Å²) in [7, 11) is 1.64. The third-order valence-electron chi connectivity index (χ3n) is 4.72. The lowest BCUT2D eigenvalue weighted by Crippen LogP contribution is -2.14. The molecular formula is C23H26O3. The number of fused-ring (bicyclic) bond motifs is 1. The van der Waals surface area contributed by atoms with Gasteiger partial charge in [-0.05, 0) is 46.7 Å². The van der Waals surface area contributed by atoms with Gasteiger partial charge >= 0.3 is 5.97 Å². The molecule has 0 aliphatic carbocycles. The van der Waals surface area contributed by atoms with Crippen LogP contribution < -0.4 is 9.47 Å². The van der Waals surface area contributed by atoms with Gasteiger partial charge in [-0.25, -0.2) is 4.79 Å². The highest BCUT2D eigenvalue weighted by atomic mass is 16.5. The van der Waals surface area contributed by atoms with Gasteiger partial charge in [0.25, 0.3) is 0 Å². The fraction of sp³-hybridized carbons (Fsp3) is 0.348. The number of methoxy groups -OCH3 is 1. The minimum absolute atomic E-state index is 0.106. The van der Waals surface area contributed by atoms with Gasteiger partial charge in [-0.15, -0.1) is 0 Å². The molecule has 0 saturated heterocycles. The Hall–Kier alpha value is -2.55. The molecule has 2 aromatic carbocycles. The van der Waals surface area contributed by atoms with E-state index in [-0.39, 0.29) is 11.4 Å². The minimum Gasteiger partial charge on any atom is -0.497 e. The first-order valence-electron chi connectivity index (χ1n) is 8.97. The van der Waals surface area contributed by atoms with Crippen LogP contribution in [-0.2, 0) is 10.2 Å². The van der Waals surface area contributed by atoms with Gasteiger partial charge in [-0.3, -0.25) is 0 Å². The third kappa shape index (κ3) is 3.39. The number of rotatable bonds is 3. The van der Waals surface area contributed by atoms with Gasteiger partial charge in [0.1, 0.15) is 11.5 Å². The molecular weight excluding hydrogens is 324 g/mol. The van der Waals surface area contributed by atoms with E-state index >= 15 is 0 Å². The zero-order valence-corrected chi connectivity index (χ0v) is 16.3. The Labute approximate surface area is 155 Å². The Bertz CT molecular complexity index is 866. The van der Waals surface area contributed by atoms with Crippen molar-refractivity contribution in [3.63, 3.8) is 0 Å². The van der Waals surface area contributed by atoms with Gasteiger partial charge in [0.15, 0.2) is 0 Å². The Kier molecular flexibility index (Phi) is 4.66. The van der Waals surface area contributed by atoms with Gasteiger partial charge in [0.2, 0.25) is 0 Å². The summed E-state index contributed by atoms with van der Waals surface area (Å²) in [5, 5.41) is 0. The van der Waals surface area contributed by atoms with Crippen LogP contribution in [0.15, 0.2) is 36.4 Å². The van der Waals surface area contributed by atoms with Crippen LogP contribution in [0.1, 0.15) is 62.8 Å². The summed E-state index contributed by atoms with van der Waals surface area (Å²) >= 11 is 0. The SMILES string of the molecule is COc1ccc(/C=C2/C(=O)Oc3c2cc(C(C)C)cc3C(C)(C)C)cc1. The van der Waals surface area contributed by atoms with E-state index in [9.17, 15) is 4.79 Å². The summed E-state index contributed by atoms with van der Waals surface area (Å²) in [4.78, 5) is 12.6. The first-order chi connectivity index (χ1) is 12.2. The molecule has 0 spiro atoms. The first-order valence-corrected chi connectivity index (χ1v) is 8.97. The number of hydrogen-bond donors (Lipinski definition) is 0. The van der Waals surface area contributed by atoms with Crippen molar-refractivity contribution in [3.05, 3.63) is 58.7 Å². The average Bonchev–Trinajstić information content (AvgIpc) is 2.89. The quantitative estimate of drug-likeness (QED) is 0.412. The van der Waals surface area contributed by atoms with Crippen LogP contribution in [-0.4, -0.2) is 13.1 Å². The van der Waals surface area contributed by atoms with Crippen molar-refractivity contribution in [2.45, 2.75) is 46.0 Å². The van der Waals surface area contributed by atoms with Crippen LogP contribution in [0.2, 0.25) is 0 Å². The molecule has 0 N–H and O–H groups in total. The zero-order valence-electron chi connectivity index (χ0n) is 16.3. The van der Waals surface area contributed by atoms with E-state index in [0.717, 1.165) is 22.4 Å². The Morgan fingerprint density at radius 1 is 1.08 bits per heavy atom. The molecule has 0 atom stereocenters. The van der Waals surface area contributed by atoms with Crippen molar-refractivity contribution < 1.29 is 14.3 Å². The summed E-state index contributed by atoms with van der Waals surface area (Å²) < 4.78 is 10.9. The third-order valence-corrected chi connectivity index (χ3v) is 4.72. The van der Waals surface area contributed by atoms with Gasteiger partial charge in [-0.1, -0.05) is 52.8 Å². The second-order valence-electron chi connectivity index (χ2n) is 8.07. The number of benzene rings is 2. The molecule has 26 heavy (non-hydrogen) atoms. The standard InChI is InChI=1S/C23H26O3/c1-14(2)16-12-18-19(11-15-7-9-17(25-6)10-8-15)22(24)26-21(18)20(13-16)23(3,4)5/h7-14H,1-6H3/b19-11+. The molecule has 0 amide bonds. The van der Waals surface area contributed by atoms with Crippen LogP contribution in [0.5, 0.6) is 11.5 Å². The first kappa shape index (κ1) is 18.2. The predicted octanol–water partition coefficient (Wildman–Crippen LogP) is 5.58. The van der Waals surface area contributed by atoms with Crippen LogP contribution in [0.3, 0.4) is 0 Å². The maximum atomic E-state index is 12.6. The van der Waals surface area contributed by atoms with E-state index in [1.54, 1.807) is 7.11 Å². The lowest BCUT2D eigenvalue weighted by molar-refractivity contribution is -0.127. The maximum Gasteiger partial charge on any atom is 0.344 e. The number of carbonyl (C=O) groups is 1. The molecule has 0 saturated carbocycles. The maximum absolute atomic E-state index is 12.6. The zero-order chi connectivity index (χ0) is 19.1. The Morgan fingerprint density at radius 3 is 2.27 bits per heavy atom. The highest BCUT2D eigenvalue weighted by Crippen LogP contribution is 2.44. The van der Waals surface area contributed by atoms with E-state index in [2.05, 4.69) is 46.8 Å². The summed E-state index contributed by atoms with van der Waals surface area (Å²) in [6.07, 6.45) is 1.89. The molecule has 0 unspecified atom stereocenters. The van der Waals surface area contributed by atoms with Crippen molar-refractivity contribution in [2.24, 2.45) is 0 Å². The van der Waals surface area contributed by atoms with Crippen LogP contribution in [0, 0.1) is 0 Å². The summed E-state index contributed by atoms with van der Waals surface area (Å²) in [5.74, 6) is 1.58. The summed E-state index contributed by atoms with van der Waals surface area (Å²) in [5.41, 5.74) is 4.63. The molecule has 3 heteroatoms. The fourth-order valence-corrected chi connectivity index (χ4v) is 3.11. The van der Waals surface area contributed by atoms with Crippen molar-refractivity contribution in [1.82, 2.24) is 0 Å². The highest BCUT2D eigenvalue weighted by molar-refractivity contribution is 6.26. The number of esters is 1. The normalized spacial score (nSPS) is 15.3. The molecule has 3 nitrogen and oxygen atoms in total. The topological polar surface area (TPSA) is 35.5 Å². The van der Waals surface area contributed by atoms with Crippen molar-refractivity contribution in [1.29, 1.82) is 0 Å². The summed E-state index contributed by atoms with van der Waals surface area (Å²) in [6.45, 7) is 10.8. The van der Waals surface area contributed by atoms with Gasteiger partial charge < -0.3 is 9.47 Å². The lowest BCUT2D eigenvalue weighted by Gasteiger charge is -2.23. The van der Waals surface area contributed by atoms with Crippen LogP contribution in [0.25, 0.3) is 11.6 Å². The van der Waals surface area contributed by atoms with Gasteiger partial charge in [0.05, 0.1) is 12.7 Å². The van der Waals surface area contributed by atoms with E-state index in [4.69, 9.17) is 9.47 Å². The minimum atomic E-state index is -0.290. The summed E-state index contributed by atoms with van der Waals surface area (Å²) in [6, 6.07) is 11.9. The molecule has 1 aliphatic heterocycles. The predicted molar refractivity (Wildman–Crippen MR) is 106 cm³/mol. The highest BCUT2D eigenvalue weighted by Gasteiger charge is 2.33. The molecule has 0 fully saturated rings. The van der Waals surface area contributed by atoms with Crippen molar-refractivity contribution >= 4 is 17.6 Å². The van der Waals surface area contributed by atoms with Crippen molar-refractivity contribution in [2.75, 3.05) is 7.11 Å². The number of ether oxygens (including phenoxy) is 2. The van der Waals surface area contributed by atoms with E-state index in [0.29, 0.717) is 17.2 Å². The van der Waals surface area contributed by atoms with E-state index in [1.807, 2.05) is 30.3 Å². The van der Waals surface area contributed by atoms with Gasteiger partial charge in [-0.2, -0.15) is 0 Å². The van der Waals surface area contributed by atoms with E-state index < -0.39 is 0 Å². The van der Waals surface area contributed by atoms with Crippen molar-refractivity contribution in [3.8, 4) is 11.5 Å². The van der Waals surface area contributed by atoms with Gasteiger partial charge in [0, 0.05) is 11.1 Å². The number of carbonyl (C=O) groups excluding carboxylic acids is 1. The Morgan fingerprint density at radius 2 is 1.73 bits per heavy atom. The second-order valence-corrected chi connectivity index (χ2v) is 8.07. The number of hydrogen-bond acceptors (Lipinski definition) is 3. The molecule has 0 aromatic heterocycles. The Balaban J connectivity index is 2.16. The molecule has 3 rings (SSSR count). The van der Waals surface area contributed by atoms with Crippen LogP contribution in [0.4, 0.5) is 0 Å². The fourth-order valence-electron chi connectivity index (χ4n) is 3.11. The lowest BCUT2D eigenvalue weighted by atomic mass is 9.82. The molecule has 1 aliphatic rings. The van der Waals surface area contributed by atoms with E-state index in [1.165, 1.54) is 5.56 Å². The van der Waals surface area contributed by atoms with Crippen LogP contribution >= 0.6 is 0 Å². The molecule has 2 aromatic rings. The largest absolute Gasteiger partial charge is 0.497 e. The molecule has 0 radical (unpaired) electrons. The molecule has 0 bridgehead atoms. The molecule has 136 valence electrons. The smallest absolute Gasteiger partial charge is 0.344 e.